The predicted molar refractivity (Wildman–Crippen MR) is 90.6 cm³/mol. The third kappa shape index (κ3) is 4.32. The number of carbonyl (C=O) groups is 1. The third-order valence-corrected chi connectivity index (χ3v) is 4.07. The van der Waals surface area contributed by atoms with Crippen molar-refractivity contribution < 1.29 is 18.0 Å². The molecule has 1 unspecified atom stereocenters. The molecule has 0 saturated heterocycles. The molecule has 0 fully saturated rings. The summed E-state index contributed by atoms with van der Waals surface area (Å²) in [6.07, 6.45) is 1.82. The Bertz CT molecular complexity index is 830. The molecule has 0 aliphatic carbocycles. The molecular weight excluding hydrogens is 328 g/mol. The lowest BCUT2D eigenvalue weighted by molar-refractivity contribution is 0.0945. The maximum Gasteiger partial charge on any atom is 0.349 e. The second kappa shape index (κ2) is 8.05. The van der Waals surface area contributed by atoms with Gasteiger partial charge in [0.1, 0.15) is 11.3 Å². The van der Waals surface area contributed by atoms with Gasteiger partial charge in [-0.3, -0.25) is 4.79 Å². The average Bonchev–Trinajstić information content (AvgIpc) is 2.55. The van der Waals surface area contributed by atoms with E-state index in [9.17, 15) is 18.4 Å². The Labute approximate surface area is 144 Å². The summed E-state index contributed by atoms with van der Waals surface area (Å²) in [6, 6.07) is 5.39. The Balaban J connectivity index is 2.19. The van der Waals surface area contributed by atoms with Crippen LogP contribution in [0.25, 0.3) is 0 Å². The summed E-state index contributed by atoms with van der Waals surface area (Å²) in [5.41, 5.74) is -0.352. The molecule has 0 saturated carbocycles. The van der Waals surface area contributed by atoms with E-state index < -0.39 is 23.2 Å². The van der Waals surface area contributed by atoms with Gasteiger partial charge in [-0.1, -0.05) is 32.4 Å². The molecule has 1 heterocycles. The summed E-state index contributed by atoms with van der Waals surface area (Å²) < 4.78 is 32.1. The van der Waals surface area contributed by atoms with Gasteiger partial charge in [-0.25, -0.2) is 13.6 Å². The summed E-state index contributed by atoms with van der Waals surface area (Å²) in [6.45, 7) is 5.41. The number of hydrogen-bond acceptors (Lipinski definition) is 3. The Morgan fingerprint density at radius 2 is 2.04 bits per heavy atom. The number of amides is 1. The molecule has 6 heteroatoms. The van der Waals surface area contributed by atoms with Gasteiger partial charge in [0.05, 0.1) is 0 Å². The largest absolute Gasteiger partial charge is 0.427 e. The van der Waals surface area contributed by atoms with Crippen LogP contribution in [0.3, 0.4) is 0 Å². The number of hydrogen-bond donors (Lipinski definition) is 1. The van der Waals surface area contributed by atoms with Crippen LogP contribution in [0, 0.1) is 18.6 Å². The van der Waals surface area contributed by atoms with Crippen molar-refractivity contribution in [3.8, 4) is 0 Å². The zero-order valence-corrected chi connectivity index (χ0v) is 14.5. The van der Waals surface area contributed by atoms with Crippen molar-refractivity contribution in [1.29, 1.82) is 0 Å². The Morgan fingerprint density at radius 1 is 1.32 bits per heavy atom. The quantitative estimate of drug-likeness (QED) is 0.855. The average molecular weight is 349 g/mol. The van der Waals surface area contributed by atoms with E-state index >= 15 is 0 Å². The zero-order valence-electron chi connectivity index (χ0n) is 14.5. The summed E-state index contributed by atoms with van der Waals surface area (Å²) in [5.74, 6) is -2.07. The van der Waals surface area contributed by atoms with Gasteiger partial charge in [-0.15, -0.1) is 0 Å². The zero-order chi connectivity index (χ0) is 18.6. The number of halogens is 2. The van der Waals surface area contributed by atoms with E-state index in [1.165, 1.54) is 12.1 Å². The van der Waals surface area contributed by atoms with E-state index in [2.05, 4.69) is 5.32 Å². The van der Waals surface area contributed by atoms with Gasteiger partial charge in [-0.2, -0.15) is 0 Å². The molecule has 0 spiro atoms. The lowest BCUT2D eigenvalue weighted by Crippen LogP contribution is -2.29. The van der Waals surface area contributed by atoms with Gasteiger partial charge < -0.3 is 9.73 Å². The molecule has 1 atom stereocenters. The normalized spacial score (nSPS) is 12.0. The lowest BCUT2D eigenvalue weighted by Gasteiger charge is -2.12. The van der Waals surface area contributed by atoms with Crippen LogP contribution in [-0.4, -0.2) is 5.91 Å². The van der Waals surface area contributed by atoms with E-state index in [1.807, 2.05) is 13.8 Å². The Kier molecular flexibility index (Phi) is 6.07. The predicted octanol–water partition coefficient (Wildman–Crippen LogP) is 4.06. The van der Waals surface area contributed by atoms with E-state index in [-0.39, 0.29) is 23.6 Å². The standard InChI is InChI=1S/C19H21F2NO3/c1-4-6-11(2)15-9-12(3)16(19(24)25-15)18(23)22-10-13-7-5-8-14(20)17(13)21/h5,7-9,11H,4,6,10H2,1-3H3,(H,22,23). The van der Waals surface area contributed by atoms with E-state index in [0.717, 1.165) is 18.9 Å². The minimum absolute atomic E-state index is 0.00331. The molecule has 134 valence electrons. The maximum absolute atomic E-state index is 13.6. The fraction of sp³-hybridized carbons (Fsp3) is 0.368. The fourth-order valence-electron chi connectivity index (χ4n) is 2.67. The molecule has 0 bridgehead atoms. The molecule has 0 aliphatic heterocycles. The van der Waals surface area contributed by atoms with Gasteiger partial charge in [0.2, 0.25) is 0 Å². The minimum Gasteiger partial charge on any atom is -0.427 e. The lowest BCUT2D eigenvalue weighted by atomic mass is 10.0. The third-order valence-electron chi connectivity index (χ3n) is 4.07. The van der Waals surface area contributed by atoms with Crippen LogP contribution in [0.1, 0.15) is 59.9 Å². The first-order valence-corrected chi connectivity index (χ1v) is 8.20. The van der Waals surface area contributed by atoms with Crippen molar-refractivity contribution in [2.75, 3.05) is 0 Å². The SMILES string of the molecule is CCCC(C)c1cc(C)c(C(=O)NCc2cccc(F)c2F)c(=O)o1. The molecule has 1 aromatic heterocycles. The maximum atomic E-state index is 13.6. The number of rotatable bonds is 6. The highest BCUT2D eigenvalue weighted by molar-refractivity contribution is 5.95. The van der Waals surface area contributed by atoms with E-state index in [4.69, 9.17) is 4.42 Å². The van der Waals surface area contributed by atoms with E-state index in [1.54, 1.807) is 13.0 Å². The Morgan fingerprint density at radius 3 is 2.68 bits per heavy atom. The summed E-state index contributed by atoms with van der Waals surface area (Å²) in [4.78, 5) is 24.5. The van der Waals surface area contributed by atoms with Crippen molar-refractivity contribution in [1.82, 2.24) is 5.32 Å². The molecule has 25 heavy (non-hydrogen) atoms. The summed E-state index contributed by atoms with van der Waals surface area (Å²) >= 11 is 0. The highest BCUT2D eigenvalue weighted by atomic mass is 19.2. The van der Waals surface area contributed by atoms with Gasteiger partial charge in [-0.05, 0) is 31.0 Å². The smallest absolute Gasteiger partial charge is 0.349 e. The van der Waals surface area contributed by atoms with Crippen molar-refractivity contribution in [3.05, 3.63) is 68.8 Å². The molecule has 1 N–H and O–H groups in total. The van der Waals surface area contributed by atoms with Gasteiger partial charge >= 0.3 is 5.63 Å². The minimum atomic E-state index is -1.02. The number of aryl methyl sites for hydroxylation is 1. The van der Waals surface area contributed by atoms with Crippen LogP contribution in [0.2, 0.25) is 0 Å². The van der Waals surface area contributed by atoms with Crippen molar-refractivity contribution >= 4 is 5.91 Å². The van der Waals surface area contributed by atoms with Crippen molar-refractivity contribution in [2.45, 2.75) is 46.1 Å². The van der Waals surface area contributed by atoms with Crippen molar-refractivity contribution in [3.63, 3.8) is 0 Å². The molecule has 4 nitrogen and oxygen atoms in total. The highest BCUT2D eigenvalue weighted by Gasteiger charge is 2.19. The Hall–Kier alpha value is -2.50. The van der Waals surface area contributed by atoms with Crippen LogP contribution in [0.15, 0.2) is 33.5 Å². The molecule has 2 rings (SSSR count). The molecule has 2 aromatic rings. The van der Waals surface area contributed by atoms with Crippen molar-refractivity contribution in [2.24, 2.45) is 0 Å². The highest BCUT2D eigenvalue weighted by Crippen LogP contribution is 2.21. The topological polar surface area (TPSA) is 59.3 Å². The van der Waals surface area contributed by atoms with Crippen LogP contribution >= 0.6 is 0 Å². The number of carbonyl (C=O) groups excluding carboxylic acids is 1. The monoisotopic (exact) mass is 349 g/mol. The number of benzene rings is 1. The molecule has 0 aliphatic rings. The number of nitrogens with one attached hydrogen (secondary N) is 1. The first-order valence-electron chi connectivity index (χ1n) is 8.20. The van der Waals surface area contributed by atoms with E-state index in [0.29, 0.717) is 11.3 Å². The second-order valence-corrected chi connectivity index (χ2v) is 6.08. The van der Waals surface area contributed by atoms with Crippen LogP contribution in [0.4, 0.5) is 8.78 Å². The van der Waals surface area contributed by atoms with Gasteiger partial charge in [0, 0.05) is 18.0 Å². The summed E-state index contributed by atoms with van der Waals surface area (Å²) in [5, 5.41) is 2.43. The molecule has 0 radical (unpaired) electrons. The first-order chi connectivity index (χ1) is 11.8. The van der Waals surface area contributed by atoms with Crippen LogP contribution < -0.4 is 10.9 Å². The summed E-state index contributed by atoms with van der Waals surface area (Å²) in [7, 11) is 0. The molecule has 1 amide bonds. The first kappa shape index (κ1) is 18.8. The van der Waals surface area contributed by atoms with Crippen LogP contribution in [0.5, 0.6) is 0 Å². The second-order valence-electron chi connectivity index (χ2n) is 6.08. The van der Waals surface area contributed by atoms with Crippen LogP contribution in [-0.2, 0) is 6.54 Å². The molecule has 1 aromatic carbocycles. The van der Waals surface area contributed by atoms with Gasteiger partial charge in [0.15, 0.2) is 11.6 Å². The molecular formula is C19H21F2NO3. The van der Waals surface area contributed by atoms with Gasteiger partial charge in [0.25, 0.3) is 5.91 Å². The fourth-order valence-corrected chi connectivity index (χ4v) is 2.67.